The van der Waals surface area contributed by atoms with Crippen molar-refractivity contribution in [3.8, 4) is 0 Å². The number of nitrogens with one attached hydrogen (secondary N) is 1. The SMILES string of the molecule is CC(N)C1CCCCN1C(=O)c1cccc(S(=O)(=O)NCC2CC2)c1. The van der Waals surface area contributed by atoms with Crippen LogP contribution in [0.5, 0.6) is 0 Å². The fourth-order valence-electron chi connectivity index (χ4n) is 3.35. The molecule has 2 aliphatic rings. The van der Waals surface area contributed by atoms with Crippen LogP contribution in [0, 0.1) is 5.92 Å². The maximum absolute atomic E-state index is 12.9. The fraction of sp³-hybridized carbons (Fsp3) is 0.611. The monoisotopic (exact) mass is 365 g/mol. The van der Waals surface area contributed by atoms with Gasteiger partial charge >= 0.3 is 0 Å². The zero-order valence-corrected chi connectivity index (χ0v) is 15.5. The predicted octanol–water partition coefficient (Wildman–Crippen LogP) is 1.72. The van der Waals surface area contributed by atoms with Crippen LogP contribution in [0.3, 0.4) is 0 Å². The smallest absolute Gasteiger partial charge is 0.254 e. The number of likely N-dealkylation sites (tertiary alicyclic amines) is 1. The van der Waals surface area contributed by atoms with Crippen LogP contribution in [0.1, 0.15) is 49.4 Å². The van der Waals surface area contributed by atoms with Gasteiger partial charge in [-0.2, -0.15) is 0 Å². The average Bonchev–Trinajstić information content (AvgIpc) is 3.44. The van der Waals surface area contributed by atoms with Crippen LogP contribution in [0.25, 0.3) is 0 Å². The van der Waals surface area contributed by atoms with E-state index in [0.717, 1.165) is 32.1 Å². The number of hydrogen-bond acceptors (Lipinski definition) is 4. The van der Waals surface area contributed by atoms with Crippen LogP contribution in [0.15, 0.2) is 29.2 Å². The number of carbonyl (C=O) groups excluding carboxylic acids is 1. The van der Waals surface area contributed by atoms with Crippen molar-refractivity contribution in [2.24, 2.45) is 11.7 Å². The number of nitrogens with two attached hydrogens (primary N) is 1. The number of amides is 1. The van der Waals surface area contributed by atoms with Crippen molar-refractivity contribution >= 4 is 15.9 Å². The maximum Gasteiger partial charge on any atom is 0.254 e. The Bertz CT molecular complexity index is 729. The van der Waals surface area contributed by atoms with Crippen molar-refractivity contribution < 1.29 is 13.2 Å². The van der Waals surface area contributed by atoms with Crippen LogP contribution < -0.4 is 10.5 Å². The Morgan fingerprint density at radius 3 is 2.76 bits per heavy atom. The zero-order chi connectivity index (χ0) is 18.0. The first-order valence-corrected chi connectivity index (χ1v) is 10.5. The van der Waals surface area contributed by atoms with Crippen LogP contribution in [0.2, 0.25) is 0 Å². The molecular formula is C18H27N3O3S. The van der Waals surface area contributed by atoms with E-state index in [2.05, 4.69) is 4.72 Å². The molecule has 0 spiro atoms. The van der Waals surface area contributed by atoms with E-state index < -0.39 is 10.0 Å². The van der Waals surface area contributed by atoms with E-state index in [1.54, 1.807) is 17.0 Å². The molecule has 1 amide bonds. The Morgan fingerprint density at radius 1 is 1.32 bits per heavy atom. The first kappa shape index (κ1) is 18.4. The van der Waals surface area contributed by atoms with Gasteiger partial charge in [0.05, 0.1) is 4.90 Å². The summed E-state index contributed by atoms with van der Waals surface area (Å²) in [6.07, 6.45) is 5.07. The molecule has 1 aromatic rings. The highest BCUT2D eigenvalue weighted by atomic mass is 32.2. The summed E-state index contributed by atoms with van der Waals surface area (Å²) in [6, 6.07) is 6.22. The summed E-state index contributed by atoms with van der Waals surface area (Å²) < 4.78 is 27.5. The number of hydrogen-bond donors (Lipinski definition) is 2. The largest absolute Gasteiger partial charge is 0.334 e. The molecule has 0 aromatic heterocycles. The lowest BCUT2D eigenvalue weighted by atomic mass is 9.96. The van der Waals surface area contributed by atoms with E-state index in [0.29, 0.717) is 24.6 Å². The quantitative estimate of drug-likeness (QED) is 0.803. The first-order valence-electron chi connectivity index (χ1n) is 9.05. The second-order valence-electron chi connectivity index (χ2n) is 7.24. The minimum absolute atomic E-state index is 0.00880. The summed E-state index contributed by atoms with van der Waals surface area (Å²) in [4.78, 5) is 14.9. The molecule has 1 saturated heterocycles. The molecule has 1 aliphatic heterocycles. The lowest BCUT2D eigenvalue weighted by molar-refractivity contribution is 0.0583. The maximum atomic E-state index is 12.9. The van der Waals surface area contributed by atoms with Crippen molar-refractivity contribution in [3.05, 3.63) is 29.8 Å². The van der Waals surface area contributed by atoms with Gasteiger partial charge in [-0.15, -0.1) is 0 Å². The Labute approximate surface area is 149 Å². The highest BCUT2D eigenvalue weighted by molar-refractivity contribution is 7.89. The Morgan fingerprint density at radius 2 is 2.08 bits per heavy atom. The number of carbonyl (C=O) groups is 1. The van der Waals surface area contributed by atoms with E-state index in [1.165, 1.54) is 12.1 Å². The van der Waals surface area contributed by atoms with Crippen molar-refractivity contribution in [2.75, 3.05) is 13.1 Å². The van der Waals surface area contributed by atoms with Crippen molar-refractivity contribution in [2.45, 2.75) is 56.0 Å². The molecule has 1 saturated carbocycles. The minimum Gasteiger partial charge on any atom is -0.334 e. The highest BCUT2D eigenvalue weighted by Gasteiger charge is 2.30. The average molecular weight is 365 g/mol. The third-order valence-electron chi connectivity index (χ3n) is 5.07. The molecule has 138 valence electrons. The Kier molecular flexibility index (Phi) is 5.46. The summed E-state index contributed by atoms with van der Waals surface area (Å²) in [5, 5.41) is 0. The summed E-state index contributed by atoms with van der Waals surface area (Å²) in [7, 11) is -3.58. The number of benzene rings is 1. The van der Waals surface area contributed by atoms with Gasteiger partial charge in [0.1, 0.15) is 0 Å². The van der Waals surface area contributed by atoms with E-state index in [1.807, 2.05) is 6.92 Å². The lowest BCUT2D eigenvalue weighted by Crippen LogP contribution is -2.51. The third kappa shape index (κ3) is 4.40. The molecule has 0 radical (unpaired) electrons. The molecule has 2 atom stereocenters. The standard InChI is InChI=1S/C18H27N3O3S/c1-13(19)17-7-2-3-10-21(17)18(22)15-5-4-6-16(11-15)25(23,24)20-12-14-8-9-14/h4-6,11,13-14,17,20H,2-3,7-10,12,19H2,1H3. The van der Waals surface area contributed by atoms with Gasteiger partial charge in [-0.25, -0.2) is 13.1 Å². The normalized spacial score (nSPS) is 22.6. The molecule has 0 bridgehead atoms. The molecule has 1 aliphatic carbocycles. The Balaban J connectivity index is 1.78. The van der Waals surface area contributed by atoms with Crippen molar-refractivity contribution in [1.82, 2.24) is 9.62 Å². The molecule has 1 aromatic carbocycles. The van der Waals surface area contributed by atoms with Gasteiger partial charge in [0, 0.05) is 30.7 Å². The number of nitrogens with zero attached hydrogens (tertiary/aromatic N) is 1. The second-order valence-corrected chi connectivity index (χ2v) is 9.01. The molecule has 6 nitrogen and oxygen atoms in total. The lowest BCUT2D eigenvalue weighted by Gasteiger charge is -2.38. The van der Waals surface area contributed by atoms with Crippen molar-refractivity contribution in [3.63, 3.8) is 0 Å². The summed E-state index contributed by atoms with van der Waals surface area (Å²) in [6.45, 7) is 3.06. The molecule has 3 N–H and O–H groups in total. The highest BCUT2D eigenvalue weighted by Crippen LogP contribution is 2.28. The Hall–Kier alpha value is -1.44. The molecule has 2 fully saturated rings. The van der Waals surface area contributed by atoms with Crippen LogP contribution in [-0.4, -0.2) is 44.4 Å². The predicted molar refractivity (Wildman–Crippen MR) is 96.7 cm³/mol. The van der Waals surface area contributed by atoms with Gasteiger partial charge in [0.2, 0.25) is 10.0 Å². The molecule has 2 unspecified atom stereocenters. The fourth-order valence-corrected chi connectivity index (χ4v) is 4.51. The number of rotatable bonds is 6. The van der Waals surface area contributed by atoms with E-state index >= 15 is 0 Å². The van der Waals surface area contributed by atoms with E-state index in [-0.39, 0.29) is 22.9 Å². The van der Waals surface area contributed by atoms with Gasteiger partial charge in [0.15, 0.2) is 0 Å². The zero-order valence-electron chi connectivity index (χ0n) is 14.6. The molecule has 3 rings (SSSR count). The minimum atomic E-state index is -3.58. The summed E-state index contributed by atoms with van der Waals surface area (Å²) in [5.41, 5.74) is 6.45. The van der Waals surface area contributed by atoms with Crippen LogP contribution in [0.4, 0.5) is 0 Å². The number of sulfonamides is 1. The van der Waals surface area contributed by atoms with Gasteiger partial charge < -0.3 is 10.6 Å². The van der Waals surface area contributed by atoms with Crippen LogP contribution >= 0.6 is 0 Å². The molecule has 1 heterocycles. The van der Waals surface area contributed by atoms with E-state index in [9.17, 15) is 13.2 Å². The van der Waals surface area contributed by atoms with Crippen LogP contribution in [-0.2, 0) is 10.0 Å². The molecule has 7 heteroatoms. The first-order chi connectivity index (χ1) is 11.9. The molecular weight excluding hydrogens is 338 g/mol. The van der Waals surface area contributed by atoms with Gasteiger partial charge in [-0.05, 0) is 63.1 Å². The van der Waals surface area contributed by atoms with Gasteiger partial charge in [0.25, 0.3) is 5.91 Å². The molecule has 25 heavy (non-hydrogen) atoms. The summed E-state index contributed by atoms with van der Waals surface area (Å²) >= 11 is 0. The van der Waals surface area contributed by atoms with Gasteiger partial charge in [-0.1, -0.05) is 6.07 Å². The summed E-state index contributed by atoms with van der Waals surface area (Å²) in [5.74, 6) is 0.320. The van der Waals surface area contributed by atoms with Crippen molar-refractivity contribution in [1.29, 1.82) is 0 Å². The number of piperidine rings is 1. The second kappa shape index (κ2) is 7.43. The van der Waals surface area contributed by atoms with E-state index in [4.69, 9.17) is 5.73 Å². The third-order valence-corrected chi connectivity index (χ3v) is 6.49. The van der Waals surface area contributed by atoms with Gasteiger partial charge in [-0.3, -0.25) is 4.79 Å². The topological polar surface area (TPSA) is 92.5 Å².